The van der Waals surface area contributed by atoms with E-state index in [0.29, 0.717) is 51.8 Å². The monoisotopic (exact) mass is 493 g/mol. The van der Waals surface area contributed by atoms with Crippen LogP contribution >= 0.6 is 0 Å². The van der Waals surface area contributed by atoms with Gasteiger partial charge < -0.3 is 20.4 Å². The van der Waals surface area contributed by atoms with Crippen molar-refractivity contribution in [1.29, 1.82) is 0 Å². The number of ether oxygens (including phenoxy) is 1. The summed E-state index contributed by atoms with van der Waals surface area (Å²) in [4.78, 5) is 36.9. The van der Waals surface area contributed by atoms with Gasteiger partial charge in [-0.05, 0) is 69.1 Å². The third-order valence-corrected chi connectivity index (χ3v) is 7.26. The van der Waals surface area contributed by atoms with E-state index in [2.05, 4.69) is 32.5 Å². The van der Waals surface area contributed by atoms with E-state index in [1.165, 1.54) is 25.4 Å². The number of carbonyl (C=O) groups excluding carboxylic acids is 2. The van der Waals surface area contributed by atoms with E-state index in [1.54, 1.807) is 6.07 Å². The smallest absolute Gasteiger partial charge is 0.255 e. The minimum absolute atomic E-state index is 0.00816. The average molecular weight is 494 g/mol. The Hall–Kier alpha value is -3.49. The van der Waals surface area contributed by atoms with Gasteiger partial charge in [0, 0.05) is 30.3 Å². The average Bonchev–Trinajstić information content (AvgIpc) is 3.59. The first kappa shape index (κ1) is 24.2. The largest absolute Gasteiger partial charge is 0.493 e. The highest BCUT2D eigenvalue weighted by atomic mass is 19.1. The second-order valence-electron chi connectivity index (χ2n) is 10.2. The Kier molecular flexibility index (Phi) is 6.64. The number of benzene rings is 1. The number of carbonyl (C=O) groups is 2. The molecule has 0 saturated heterocycles. The summed E-state index contributed by atoms with van der Waals surface area (Å²) in [6.45, 7) is 6.04. The van der Waals surface area contributed by atoms with Crippen LogP contribution in [0.4, 0.5) is 4.39 Å². The zero-order chi connectivity index (χ0) is 25.4. The molecular formula is C27H32FN5O3. The molecule has 36 heavy (non-hydrogen) atoms. The topological polar surface area (TPSA) is 109 Å². The predicted octanol–water partition coefficient (Wildman–Crippen LogP) is 4.28. The van der Waals surface area contributed by atoms with E-state index in [4.69, 9.17) is 4.74 Å². The van der Waals surface area contributed by atoms with E-state index in [0.717, 1.165) is 32.1 Å². The fourth-order valence-corrected chi connectivity index (χ4v) is 5.17. The van der Waals surface area contributed by atoms with Gasteiger partial charge in [0.05, 0.1) is 17.7 Å². The number of nitrogens with one attached hydrogen (secondary N) is 3. The first-order valence-corrected chi connectivity index (χ1v) is 12.6. The Morgan fingerprint density at radius 1 is 1.17 bits per heavy atom. The molecule has 0 unspecified atom stereocenters. The van der Waals surface area contributed by atoms with Gasteiger partial charge in [0.2, 0.25) is 5.91 Å². The van der Waals surface area contributed by atoms with Gasteiger partial charge in [0.15, 0.2) is 0 Å². The third-order valence-electron chi connectivity index (χ3n) is 7.26. The Morgan fingerprint density at radius 3 is 2.69 bits per heavy atom. The number of aryl methyl sites for hydroxylation is 1. The van der Waals surface area contributed by atoms with Crippen molar-refractivity contribution in [3.63, 3.8) is 0 Å². The lowest BCUT2D eigenvalue weighted by Crippen LogP contribution is -2.47. The molecule has 2 aliphatic carbocycles. The standard InChI is InChI=1S/C27H32FN5O3/c1-14-10-19(7-8-21(14)32-16(3)34)33-27(35)23-15(2)31-26-24(29-13-30-25(23)26)20-11-18(28)6-9-22(20)36-12-17-4-5-17/h6,9,11,13-14,17,19,21,31H,4-5,7-8,10,12H2,1-3H3,(H,32,34)(H,33,35)/t14-,19+,21+/m1/s1. The number of aromatic nitrogens is 3. The van der Waals surface area contributed by atoms with Crippen LogP contribution in [0.3, 0.4) is 0 Å². The fraction of sp³-hybridized carbons (Fsp3) is 0.481. The molecule has 0 radical (unpaired) electrons. The molecule has 8 nitrogen and oxygen atoms in total. The van der Waals surface area contributed by atoms with Crippen molar-refractivity contribution in [2.24, 2.45) is 11.8 Å². The molecule has 190 valence electrons. The van der Waals surface area contributed by atoms with Crippen LogP contribution in [0.25, 0.3) is 22.3 Å². The van der Waals surface area contributed by atoms with Gasteiger partial charge in [-0.3, -0.25) is 9.59 Å². The number of H-pyrrole nitrogens is 1. The minimum atomic E-state index is -0.388. The lowest BCUT2D eigenvalue weighted by atomic mass is 9.82. The highest BCUT2D eigenvalue weighted by molar-refractivity contribution is 6.09. The zero-order valence-electron chi connectivity index (χ0n) is 20.9. The van der Waals surface area contributed by atoms with Crippen molar-refractivity contribution < 1.29 is 18.7 Å². The Balaban J connectivity index is 1.40. The molecule has 9 heteroatoms. The summed E-state index contributed by atoms with van der Waals surface area (Å²) in [7, 11) is 0. The van der Waals surface area contributed by atoms with Crippen LogP contribution in [-0.4, -0.2) is 45.5 Å². The SMILES string of the molecule is CC(=O)N[C@H]1CC[C@H](NC(=O)c2c(C)[nH]c3c(-c4cc(F)ccc4OCC4CC4)ncnc23)C[C@H]1C. The number of hydrogen-bond donors (Lipinski definition) is 3. The maximum Gasteiger partial charge on any atom is 0.255 e. The Labute approximate surface area is 209 Å². The number of halogens is 1. The maximum atomic E-state index is 14.2. The molecule has 2 aliphatic rings. The van der Waals surface area contributed by atoms with Crippen LogP contribution in [0.5, 0.6) is 5.75 Å². The number of amides is 2. The van der Waals surface area contributed by atoms with Crippen molar-refractivity contribution in [3.8, 4) is 17.0 Å². The molecule has 2 heterocycles. The predicted molar refractivity (Wildman–Crippen MR) is 134 cm³/mol. The number of aromatic amines is 1. The second kappa shape index (κ2) is 9.87. The summed E-state index contributed by atoms with van der Waals surface area (Å²) < 4.78 is 20.3. The molecule has 2 aromatic heterocycles. The lowest BCUT2D eigenvalue weighted by molar-refractivity contribution is -0.120. The van der Waals surface area contributed by atoms with E-state index in [-0.39, 0.29) is 35.6 Å². The maximum absolute atomic E-state index is 14.2. The first-order chi connectivity index (χ1) is 17.3. The number of rotatable bonds is 7. The molecule has 1 aromatic carbocycles. The van der Waals surface area contributed by atoms with Gasteiger partial charge in [-0.1, -0.05) is 6.92 Å². The van der Waals surface area contributed by atoms with Gasteiger partial charge in [0.1, 0.15) is 29.1 Å². The first-order valence-electron chi connectivity index (χ1n) is 12.6. The minimum Gasteiger partial charge on any atom is -0.493 e. The van der Waals surface area contributed by atoms with E-state index < -0.39 is 0 Å². The van der Waals surface area contributed by atoms with Gasteiger partial charge in [-0.2, -0.15) is 0 Å². The van der Waals surface area contributed by atoms with Crippen LogP contribution in [0, 0.1) is 24.6 Å². The zero-order valence-corrected chi connectivity index (χ0v) is 20.9. The molecule has 5 rings (SSSR count). The van der Waals surface area contributed by atoms with Gasteiger partial charge >= 0.3 is 0 Å². The van der Waals surface area contributed by atoms with E-state index in [1.807, 2.05) is 6.92 Å². The molecule has 0 spiro atoms. The number of fused-ring (bicyclic) bond motifs is 1. The van der Waals surface area contributed by atoms with Crippen LogP contribution in [-0.2, 0) is 4.79 Å². The molecule has 2 amide bonds. The summed E-state index contributed by atoms with van der Waals surface area (Å²) in [5.41, 5.74) is 3.22. The van der Waals surface area contributed by atoms with E-state index >= 15 is 0 Å². The van der Waals surface area contributed by atoms with E-state index in [9.17, 15) is 14.0 Å². The third kappa shape index (κ3) is 5.05. The van der Waals surface area contributed by atoms with Gasteiger partial charge in [-0.15, -0.1) is 0 Å². The number of nitrogens with zero attached hydrogens (tertiary/aromatic N) is 2. The van der Waals surface area contributed by atoms with Crippen LogP contribution in [0.2, 0.25) is 0 Å². The van der Waals surface area contributed by atoms with Crippen molar-refractivity contribution in [1.82, 2.24) is 25.6 Å². The molecule has 2 saturated carbocycles. The highest BCUT2D eigenvalue weighted by Gasteiger charge is 2.30. The summed E-state index contributed by atoms with van der Waals surface area (Å²) >= 11 is 0. The molecule has 3 atom stereocenters. The van der Waals surface area contributed by atoms with Crippen molar-refractivity contribution in [3.05, 3.63) is 41.6 Å². The van der Waals surface area contributed by atoms with Crippen LogP contribution in [0.15, 0.2) is 24.5 Å². The molecule has 3 aromatic rings. The molecule has 0 aliphatic heterocycles. The summed E-state index contributed by atoms with van der Waals surface area (Å²) in [6, 6.07) is 4.56. The Bertz CT molecular complexity index is 1300. The quantitative estimate of drug-likeness (QED) is 0.455. The molecular weight excluding hydrogens is 461 g/mol. The Morgan fingerprint density at radius 2 is 1.97 bits per heavy atom. The number of hydrogen-bond acceptors (Lipinski definition) is 5. The van der Waals surface area contributed by atoms with Crippen molar-refractivity contribution in [2.75, 3.05) is 6.61 Å². The van der Waals surface area contributed by atoms with Gasteiger partial charge in [0.25, 0.3) is 5.91 Å². The second-order valence-corrected chi connectivity index (χ2v) is 10.2. The fourth-order valence-electron chi connectivity index (χ4n) is 5.17. The molecule has 0 bridgehead atoms. The van der Waals surface area contributed by atoms with Gasteiger partial charge in [-0.25, -0.2) is 14.4 Å². The normalized spacial score (nSPS) is 21.8. The summed E-state index contributed by atoms with van der Waals surface area (Å²) in [5.74, 6) is 0.745. The van der Waals surface area contributed by atoms with Crippen LogP contribution < -0.4 is 15.4 Å². The highest BCUT2D eigenvalue weighted by Crippen LogP contribution is 2.37. The van der Waals surface area contributed by atoms with Crippen LogP contribution in [0.1, 0.15) is 62.0 Å². The van der Waals surface area contributed by atoms with Crippen molar-refractivity contribution in [2.45, 2.75) is 65.0 Å². The summed E-state index contributed by atoms with van der Waals surface area (Å²) in [6.07, 6.45) is 6.08. The molecule has 3 N–H and O–H groups in total. The van der Waals surface area contributed by atoms with Crippen molar-refractivity contribution >= 4 is 22.8 Å². The lowest BCUT2D eigenvalue weighted by Gasteiger charge is -2.34. The summed E-state index contributed by atoms with van der Waals surface area (Å²) in [5, 5.41) is 6.17. The molecule has 2 fully saturated rings.